The zero-order valence-electron chi connectivity index (χ0n) is 17.5. The van der Waals surface area contributed by atoms with Crippen molar-refractivity contribution in [3.05, 3.63) is 59.8 Å². The standard InChI is InChI=1S/C22H22N8O/c1-13-18(14(2)30-11-10-23-21(31)19(13)30)17-8-9-24-22(27-17)26-16-6-4-15(5-7-16)20-28-25-12-29(20)3/h4-9,12H,10-11H2,1-3H3,(H,23,31)(H,24,26,27). The van der Waals surface area contributed by atoms with E-state index in [1.807, 2.05) is 55.8 Å². The first-order valence-corrected chi connectivity index (χ1v) is 10.1. The Labute approximate surface area is 179 Å². The van der Waals surface area contributed by atoms with Crippen LogP contribution >= 0.6 is 0 Å². The molecule has 0 radical (unpaired) electrons. The highest BCUT2D eigenvalue weighted by atomic mass is 16.2. The van der Waals surface area contributed by atoms with Crippen LogP contribution in [0.3, 0.4) is 0 Å². The van der Waals surface area contributed by atoms with Crippen LogP contribution in [0.4, 0.5) is 11.6 Å². The molecule has 0 spiro atoms. The molecule has 9 heteroatoms. The van der Waals surface area contributed by atoms with Gasteiger partial charge < -0.3 is 19.8 Å². The van der Waals surface area contributed by atoms with Crippen molar-refractivity contribution in [3.8, 4) is 22.6 Å². The van der Waals surface area contributed by atoms with Gasteiger partial charge in [-0.1, -0.05) is 0 Å². The number of nitrogens with one attached hydrogen (secondary N) is 2. The third-order valence-corrected chi connectivity index (χ3v) is 5.63. The van der Waals surface area contributed by atoms with Crippen LogP contribution in [0.2, 0.25) is 0 Å². The Kier molecular flexibility index (Phi) is 4.50. The van der Waals surface area contributed by atoms with E-state index >= 15 is 0 Å². The second-order valence-corrected chi connectivity index (χ2v) is 7.57. The third-order valence-electron chi connectivity index (χ3n) is 5.63. The predicted octanol–water partition coefficient (Wildman–Crippen LogP) is 2.84. The highest BCUT2D eigenvalue weighted by Crippen LogP contribution is 2.32. The third kappa shape index (κ3) is 3.24. The average molecular weight is 414 g/mol. The van der Waals surface area contributed by atoms with Gasteiger partial charge in [0.25, 0.3) is 5.91 Å². The highest BCUT2D eigenvalue weighted by molar-refractivity contribution is 5.97. The number of nitrogens with zero attached hydrogens (tertiary/aromatic N) is 6. The SMILES string of the molecule is Cc1c(-c2ccnc(Nc3ccc(-c4nncn4C)cc3)n2)c(C)n2c1C(=O)NCC2. The minimum Gasteiger partial charge on any atom is -0.349 e. The number of fused-ring (bicyclic) bond motifs is 1. The average Bonchev–Trinajstić information content (AvgIpc) is 3.30. The molecule has 0 saturated carbocycles. The number of hydrogen-bond donors (Lipinski definition) is 2. The van der Waals surface area contributed by atoms with Crippen LogP contribution in [0.5, 0.6) is 0 Å². The lowest BCUT2D eigenvalue weighted by Crippen LogP contribution is -2.35. The number of rotatable bonds is 4. The molecule has 2 N–H and O–H groups in total. The zero-order chi connectivity index (χ0) is 21.5. The lowest BCUT2D eigenvalue weighted by Gasteiger charge is -2.17. The van der Waals surface area contributed by atoms with Gasteiger partial charge in [0.2, 0.25) is 5.95 Å². The summed E-state index contributed by atoms with van der Waals surface area (Å²) >= 11 is 0. The molecular formula is C22H22N8O. The zero-order valence-corrected chi connectivity index (χ0v) is 17.5. The fourth-order valence-corrected chi connectivity index (χ4v) is 4.14. The highest BCUT2D eigenvalue weighted by Gasteiger charge is 2.26. The molecule has 0 aliphatic carbocycles. The first-order chi connectivity index (χ1) is 15.0. The molecule has 9 nitrogen and oxygen atoms in total. The number of amides is 1. The molecule has 4 aromatic rings. The van der Waals surface area contributed by atoms with Crippen molar-refractivity contribution in [1.82, 2.24) is 34.6 Å². The van der Waals surface area contributed by atoms with E-state index in [-0.39, 0.29) is 5.91 Å². The van der Waals surface area contributed by atoms with Gasteiger partial charge in [-0.05, 0) is 49.7 Å². The van der Waals surface area contributed by atoms with E-state index in [1.165, 1.54) is 0 Å². The number of carbonyl (C=O) groups excluding carboxylic acids is 1. The molecule has 0 atom stereocenters. The van der Waals surface area contributed by atoms with Gasteiger partial charge in [-0.25, -0.2) is 9.97 Å². The van der Waals surface area contributed by atoms with Gasteiger partial charge in [-0.3, -0.25) is 4.79 Å². The van der Waals surface area contributed by atoms with Crippen LogP contribution in [-0.2, 0) is 13.6 Å². The molecule has 1 aliphatic heterocycles. The summed E-state index contributed by atoms with van der Waals surface area (Å²) in [5, 5.41) is 14.2. The van der Waals surface area contributed by atoms with Crippen LogP contribution in [0, 0.1) is 13.8 Å². The second-order valence-electron chi connectivity index (χ2n) is 7.57. The minimum atomic E-state index is -0.0338. The van der Waals surface area contributed by atoms with Gasteiger partial charge in [-0.2, -0.15) is 0 Å². The maximum atomic E-state index is 12.4. The minimum absolute atomic E-state index is 0.0338. The van der Waals surface area contributed by atoms with Gasteiger partial charge in [0, 0.05) is 48.8 Å². The Hall–Kier alpha value is -4.01. The maximum Gasteiger partial charge on any atom is 0.268 e. The van der Waals surface area contributed by atoms with Crippen molar-refractivity contribution >= 4 is 17.5 Å². The number of hydrogen-bond acceptors (Lipinski definition) is 6. The Bertz CT molecular complexity index is 1290. The Balaban J connectivity index is 1.44. The smallest absolute Gasteiger partial charge is 0.268 e. The molecule has 156 valence electrons. The molecule has 0 fully saturated rings. The topological polar surface area (TPSA) is 103 Å². The van der Waals surface area contributed by atoms with E-state index in [1.54, 1.807) is 12.5 Å². The molecule has 0 bridgehead atoms. The van der Waals surface area contributed by atoms with E-state index in [9.17, 15) is 4.79 Å². The quantitative estimate of drug-likeness (QED) is 0.532. The number of anilines is 2. The van der Waals surface area contributed by atoms with Crippen molar-refractivity contribution in [2.75, 3.05) is 11.9 Å². The van der Waals surface area contributed by atoms with Crippen molar-refractivity contribution in [1.29, 1.82) is 0 Å². The van der Waals surface area contributed by atoms with Crippen LogP contribution < -0.4 is 10.6 Å². The number of benzene rings is 1. The summed E-state index contributed by atoms with van der Waals surface area (Å²) in [5.41, 5.74) is 6.31. The first-order valence-electron chi connectivity index (χ1n) is 10.1. The summed E-state index contributed by atoms with van der Waals surface area (Å²) in [7, 11) is 1.91. The largest absolute Gasteiger partial charge is 0.349 e. The van der Waals surface area contributed by atoms with E-state index in [2.05, 4.69) is 30.4 Å². The van der Waals surface area contributed by atoms with E-state index in [0.717, 1.165) is 46.1 Å². The Morgan fingerprint density at radius 3 is 2.65 bits per heavy atom. The van der Waals surface area contributed by atoms with E-state index in [4.69, 9.17) is 4.98 Å². The van der Waals surface area contributed by atoms with Crippen LogP contribution in [0.1, 0.15) is 21.7 Å². The molecule has 31 heavy (non-hydrogen) atoms. The summed E-state index contributed by atoms with van der Waals surface area (Å²) in [6.45, 7) is 5.41. The predicted molar refractivity (Wildman–Crippen MR) is 117 cm³/mol. The summed E-state index contributed by atoms with van der Waals surface area (Å²) in [6.07, 6.45) is 3.41. The number of aryl methyl sites for hydroxylation is 1. The molecular weight excluding hydrogens is 392 g/mol. The molecule has 3 aromatic heterocycles. The molecule has 4 heterocycles. The van der Waals surface area contributed by atoms with Crippen molar-refractivity contribution in [2.24, 2.45) is 7.05 Å². The Morgan fingerprint density at radius 2 is 1.94 bits per heavy atom. The maximum absolute atomic E-state index is 12.4. The summed E-state index contributed by atoms with van der Waals surface area (Å²) in [6, 6.07) is 9.74. The normalized spacial score (nSPS) is 13.1. The summed E-state index contributed by atoms with van der Waals surface area (Å²) in [5.74, 6) is 1.27. The molecule has 0 unspecified atom stereocenters. The summed E-state index contributed by atoms with van der Waals surface area (Å²) in [4.78, 5) is 21.4. The van der Waals surface area contributed by atoms with Crippen molar-refractivity contribution < 1.29 is 4.79 Å². The first kappa shape index (κ1) is 19.0. The molecule has 1 aliphatic rings. The molecule has 1 aromatic carbocycles. The van der Waals surface area contributed by atoms with Crippen molar-refractivity contribution in [2.45, 2.75) is 20.4 Å². The van der Waals surface area contributed by atoms with Crippen molar-refractivity contribution in [3.63, 3.8) is 0 Å². The number of carbonyl (C=O) groups is 1. The fourth-order valence-electron chi connectivity index (χ4n) is 4.14. The molecule has 0 saturated heterocycles. The van der Waals surface area contributed by atoms with Gasteiger partial charge in [0.05, 0.1) is 5.69 Å². The van der Waals surface area contributed by atoms with Gasteiger partial charge in [0.15, 0.2) is 5.82 Å². The Morgan fingerprint density at radius 1 is 1.13 bits per heavy atom. The number of aromatic nitrogens is 6. The lowest BCUT2D eigenvalue weighted by molar-refractivity contribution is 0.0926. The van der Waals surface area contributed by atoms with E-state index < -0.39 is 0 Å². The summed E-state index contributed by atoms with van der Waals surface area (Å²) < 4.78 is 3.95. The van der Waals surface area contributed by atoms with Gasteiger partial charge >= 0.3 is 0 Å². The van der Waals surface area contributed by atoms with Crippen LogP contribution in [0.15, 0.2) is 42.9 Å². The van der Waals surface area contributed by atoms with Gasteiger partial charge in [-0.15, -0.1) is 10.2 Å². The van der Waals surface area contributed by atoms with Crippen LogP contribution in [0.25, 0.3) is 22.6 Å². The molecule has 5 rings (SSSR count). The molecule has 1 amide bonds. The van der Waals surface area contributed by atoms with Crippen LogP contribution in [-0.4, -0.2) is 41.8 Å². The monoisotopic (exact) mass is 414 g/mol. The lowest BCUT2D eigenvalue weighted by atomic mass is 10.1. The second kappa shape index (κ2) is 7.35. The van der Waals surface area contributed by atoms with Gasteiger partial charge in [0.1, 0.15) is 12.0 Å². The fraction of sp³-hybridized carbons (Fsp3) is 0.227. The van der Waals surface area contributed by atoms with E-state index in [0.29, 0.717) is 18.2 Å².